The monoisotopic (exact) mass is 491 g/mol. The zero-order chi connectivity index (χ0) is 25.9. The van der Waals surface area contributed by atoms with Crippen LogP contribution >= 0.6 is 0 Å². The Morgan fingerprint density at radius 3 is 2.30 bits per heavy atom. The van der Waals surface area contributed by atoms with Crippen molar-refractivity contribution < 1.29 is 9.53 Å². The molecule has 37 heavy (non-hydrogen) atoms. The van der Waals surface area contributed by atoms with Crippen LogP contribution in [-0.4, -0.2) is 12.2 Å². The van der Waals surface area contributed by atoms with Crippen LogP contribution in [0.4, 0.5) is 0 Å². The van der Waals surface area contributed by atoms with Crippen LogP contribution in [0.2, 0.25) is 0 Å². The van der Waals surface area contributed by atoms with E-state index in [1.807, 2.05) is 54.7 Å². The van der Waals surface area contributed by atoms with Crippen molar-refractivity contribution in [3.63, 3.8) is 0 Å². The molecule has 4 aromatic rings. The highest BCUT2D eigenvalue weighted by Crippen LogP contribution is 2.26. The fraction of sp³-hybridized carbons (Fsp3) is 0.294. The molecule has 190 valence electrons. The molecule has 3 heteroatoms. The molecule has 0 saturated carbocycles. The number of esters is 1. The highest BCUT2D eigenvalue weighted by atomic mass is 16.5. The number of nitrogens with zero attached hydrogens (tertiary/aromatic N) is 1. The topological polar surface area (TPSA) is 38.7 Å². The van der Waals surface area contributed by atoms with Crippen molar-refractivity contribution in [3.8, 4) is 5.75 Å². The zero-order valence-corrected chi connectivity index (χ0v) is 22.0. The highest BCUT2D eigenvalue weighted by Gasteiger charge is 2.09. The lowest BCUT2D eigenvalue weighted by molar-refractivity contribution is 0.0734. The average Bonchev–Trinajstić information content (AvgIpc) is 2.94. The summed E-state index contributed by atoms with van der Waals surface area (Å²) in [5.74, 6) is 0.192. The van der Waals surface area contributed by atoms with E-state index in [-0.39, 0.29) is 12.0 Å². The maximum absolute atomic E-state index is 12.6. The van der Waals surface area contributed by atoms with Gasteiger partial charge >= 0.3 is 5.97 Å². The number of ether oxygens (including phenoxy) is 1. The van der Waals surface area contributed by atoms with Crippen LogP contribution in [-0.2, 0) is 6.42 Å². The van der Waals surface area contributed by atoms with Gasteiger partial charge in [-0.3, -0.25) is 4.99 Å². The lowest BCUT2D eigenvalue weighted by Gasteiger charge is -2.10. The van der Waals surface area contributed by atoms with Crippen molar-refractivity contribution in [3.05, 3.63) is 113 Å². The molecule has 0 aromatic heterocycles. The smallest absolute Gasteiger partial charge is 0.343 e. The fourth-order valence-electron chi connectivity index (χ4n) is 4.60. The largest absolute Gasteiger partial charge is 0.423 e. The maximum Gasteiger partial charge on any atom is 0.343 e. The van der Waals surface area contributed by atoms with E-state index >= 15 is 0 Å². The summed E-state index contributed by atoms with van der Waals surface area (Å²) in [5.41, 5.74) is 4.01. The van der Waals surface area contributed by atoms with Crippen LogP contribution in [0.5, 0.6) is 5.75 Å². The lowest BCUT2D eigenvalue weighted by atomic mass is 10.00. The van der Waals surface area contributed by atoms with Crippen LogP contribution in [0.1, 0.15) is 85.5 Å². The van der Waals surface area contributed by atoms with Crippen LogP contribution in [0.25, 0.3) is 10.8 Å². The third-order valence-electron chi connectivity index (χ3n) is 6.82. The van der Waals surface area contributed by atoms with E-state index < -0.39 is 0 Å². The summed E-state index contributed by atoms with van der Waals surface area (Å²) in [5, 5.41) is 2.45. The van der Waals surface area contributed by atoms with Crippen LogP contribution in [0.15, 0.2) is 96.0 Å². The number of carbonyl (C=O) groups is 1. The lowest BCUT2D eigenvalue weighted by Crippen LogP contribution is -2.08. The zero-order valence-electron chi connectivity index (χ0n) is 22.0. The molecule has 0 amide bonds. The fourth-order valence-corrected chi connectivity index (χ4v) is 4.60. The van der Waals surface area contributed by atoms with E-state index in [0.29, 0.717) is 11.3 Å². The van der Waals surface area contributed by atoms with Gasteiger partial charge in [0.1, 0.15) is 5.75 Å². The Labute approximate surface area is 221 Å². The van der Waals surface area contributed by atoms with E-state index in [2.05, 4.69) is 56.3 Å². The SMILES string of the molecule is CCCCCCCCc1ccc(C(=O)Oc2ccc(C=N[C@H](C)c3cccc4ccccc34)cc2)cc1. The molecule has 0 bridgehead atoms. The van der Waals surface area contributed by atoms with Crippen LogP contribution in [0, 0.1) is 0 Å². The third-order valence-corrected chi connectivity index (χ3v) is 6.82. The number of aryl methyl sites for hydroxylation is 1. The Bertz CT molecular complexity index is 1300. The molecule has 1 atom stereocenters. The number of hydrogen-bond donors (Lipinski definition) is 0. The van der Waals surface area contributed by atoms with Gasteiger partial charge < -0.3 is 4.74 Å². The Morgan fingerprint density at radius 2 is 1.51 bits per heavy atom. The van der Waals surface area contributed by atoms with Crippen molar-refractivity contribution in [2.75, 3.05) is 0 Å². The first-order valence-electron chi connectivity index (χ1n) is 13.6. The van der Waals surface area contributed by atoms with Crippen molar-refractivity contribution >= 4 is 23.0 Å². The van der Waals surface area contributed by atoms with Gasteiger partial charge in [0, 0.05) is 6.21 Å². The van der Waals surface area contributed by atoms with Gasteiger partial charge in [-0.05, 0) is 83.6 Å². The van der Waals surface area contributed by atoms with E-state index in [1.165, 1.54) is 60.4 Å². The first-order chi connectivity index (χ1) is 18.1. The first kappa shape index (κ1) is 26.3. The standard InChI is InChI=1S/C34H37NO2/c1-3-4-5-6-7-8-12-27-17-21-30(22-18-27)34(36)37-31-23-19-28(20-24-31)25-35-26(2)32-16-11-14-29-13-9-10-15-33(29)32/h9-11,13-26H,3-8,12H2,1-2H3/t26-/m1/s1. The molecule has 0 heterocycles. The van der Waals surface area contributed by atoms with Gasteiger partial charge in [-0.25, -0.2) is 4.79 Å². The second kappa shape index (κ2) is 13.5. The van der Waals surface area contributed by atoms with Gasteiger partial charge in [0.15, 0.2) is 0 Å². The molecule has 3 nitrogen and oxygen atoms in total. The number of carbonyl (C=O) groups excluding carboxylic acids is 1. The molecular weight excluding hydrogens is 454 g/mol. The number of hydrogen-bond acceptors (Lipinski definition) is 3. The predicted molar refractivity (Wildman–Crippen MR) is 155 cm³/mol. The Hall–Kier alpha value is -3.72. The first-order valence-corrected chi connectivity index (χ1v) is 13.6. The van der Waals surface area contributed by atoms with Gasteiger partial charge in [0.2, 0.25) is 0 Å². The Kier molecular flexibility index (Phi) is 9.65. The third kappa shape index (κ3) is 7.63. The maximum atomic E-state index is 12.6. The average molecular weight is 492 g/mol. The summed E-state index contributed by atoms with van der Waals surface area (Å²) in [6.07, 6.45) is 10.7. The molecule has 4 aromatic carbocycles. The summed E-state index contributed by atoms with van der Waals surface area (Å²) >= 11 is 0. The number of rotatable bonds is 12. The second-order valence-corrected chi connectivity index (χ2v) is 9.70. The Morgan fingerprint density at radius 1 is 0.811 bits per heavy atom. The van der Waals surface area contributed by atoms with Crippen LogP contribution in [0.3, 0.4) is 0 Å². The number of aliphatic imine (C=N–C) groups is 1. The van der Waals surface area contributed by atoms with Crippen LogP contribution < -0.4 is 4.74 Å². The van der Waals surface area contributed by atoms with Gasteiger partial charge in [-0.1, -0.05) is 93.6 Å². The normalized spacial score (nSPS) is 12.2. The predicted octanol–water partition coefficient (Wildman–Crippen LogP) is 9.14. The van der Waals surface area contributed by atoms with Crippen molar-refractivity contribution in [2.24, 2.45) is 4.99 Å². The molecule has 0 unspecified atom stereocenters. The van der Waals surface area contributed by atoms with E-state index in [1.54, 1.807) is 0 Å². The molecule has 0 aliphatic rings. The van der Waals surface area contributed by atoms with Crippen molar-refractivity contribution in [1.29, 1.82) is 0 Å². The second-order valence-electron chi connectivity index (χ2n) is 9.70. The highest BCUT2D eigenvalue weighted by molar-refractivity contribution is 5.91. The molecule has 0 aliphatic heterocycles. The molecule has 0 saturated heterocycles. The molecule has 0 fully saturated rings. The molecule has 0 N–H and O–H groups in total. The van der Waals surface area contributed by atoms with E-state index in [0.717, 1.165) is 12.0 Å². The molecule has 0 aliphatic carbocycles. The summed E-state index contributed by atoms with van der Waals surface area (Å²) < 4.78 is 5.59. The molecule has 0 spiro atoms. The Balaban J connectivity index is 1.29. The van der Waals surface area contributed by atoms with E-state index in [4.69, 9.17) is 9.73 Å². The number of fused-ring (bicyclic) bond motifs is 1. The van der Waals surface area contributed by atoms with E-state index in [9.17, 15) is 4.79 Å². The minimum atomic E-state index is -0.336. The minimum Gasteiger partial charge on any atom is -0.423 e. The van der Waals surface area contributed by atoms with Gasteiger partial charge in [0.05, 0.1) is 11.6 Å². The molecular formula is C34H37NO2. The van der Waals surface area contributed by atoms with Gasteiger partial charge in [-0.15, -0.1) is 0 Å². The summed E-state index contributed by atoms with van der Waals surface area (Å²) in [6.45, 7) is 4.35. The number of unbranched alkanes of at least 4 members (excludes halogenated alkanes) is 5. The quantitative estimate of drug-likeness (QED) is 0.0857. The molecule has 4 rings (SSSR count). The summed E-state index contributed by atoms with van der Waals surface area (Å²) in [7, 11) is 0. The van der Waals surface area contributed by atoms with Gasteiger partial charge in [-0.2, -0.15) is 0 Å². The number of benzene rings is 4. The summed E-state index contributed by atoms with van der Waals surface area (Å²) in [6, 6.07) is 30.0. The molecule has 0 radical (unpaired) electrons. The van der Waals surface area contributed by atoms with Crippen molar-refractivity contribution in [1.82, 2.24) is 0 Å². The van der Waals surface area contributed by atoms with Crippen molar-refractivity contribution in [2.45, 2.75) is 64.8 Å². The van der Waals surface area contributed by atoms with Gasteiger partial charge in [0.25, 0.3) is 0 Å². The summed E-state index contributed by atoms with van der Waals surface area (Å²) in [4.78, 5) is 17.4. The minimum absolute atomic E-state index is 0.0348.